The van der Waals surface area contributed by atoms with Gasteiger partial charge in [-0.05, 0) is 31.0 Å². The lowest BCUT2D eigenvalue weighted by molar-refractivity contribution is -0.00860. The van der Waals surface area contributed by atoms with Crippen molar-refractivity contribution in [3.8, 4) is 5.75 Å². The molecular weight excluding hydrogens is 216 g/mol. The summed E-state index contributed by atoms with van der Waals surface area (Å²) in [6.07, 6.45) is 5.20. The molecule has 0 unspecified atom stereocenters. The summed E-state index contributed by atoms with van der Waals surface area (Å²) in [5.74, 6) is 0.588. The summed E-state index contributed by atoms with van der Waals surface area (Å²) in [6.45, 7) is 0. The Morgan fingerprint density at radius 1 is 1.24 bits per heavy atom. The van der Waals surface area contributed by atoms with Crippen LogP contribution in [-0.4, -0.2) is 11.6 Å². The topological polar surface area (TPSA) is 64.4 Å². The average Bonchev–Trinajstić information content (AvgIpc) is 2.31. The second-order valence-electron chi connectivity index (χ2n) is 4.87. The molecule has 0 saturated heterocycles. The number of hydrogen-bond donors (Lipinski definition) is 2. The molecule has 3 rings (SSSR count). The highest BCUT2D eigenvalue weighted by atomic mass is 16.5. The monoisotopic (exact) mass is 232 g/mol. The van der Waals surface area contributed by atoms with Crippen LogP contribution in [-0.2, 0) is 0 Å². The number of ether oxygens (including phenoxy) is 1. The quantitative estimate of drug-likeness (QED) is 0.673. The molecule has 4 nitrogen and oxygen atoms in total. The fourth-order valence-electron chi connectivity index (χ4n) is 2.67. The van der Waals surface area contributed by atoms with E-state index in [-0.39, 0.29) is 5.91 Å². The van der Waals surface area contributed by atoms with Crippen molar-refractivity contribution >= 4 is 11.6 Å². The Morgan fingerprint density at radius 3 is 2.76 bits per heavy atom. The molecule has 2 aliphatic rings. The number of carbonyl (C=O) groups excluding carboxylic acids is 1. The Hall–Kier alpha value is -1.71. The van der Waals surface area contributed by atoms with Gasteiger partial charge in [0.2, 0.25) is 0 Å². The van der Waals surface area contributed by atoms with Crippen LogP contribution in [0.1, 0.15) is 42.5 Å². The molecule has 0 atom stereocenters. The van der Waals surface area contributed by atoms with Gasteiger partial charge in [0, 0.05) is 18.5 Å². The Balaban J connectivity index is 1.97. The van der Waals surface area contributed by atoms with E-state index in [0.29, 0.717) is 17.0 Å². The maximum atomic E-state index is 12.1. The summed E-state index contributed by atoms with van der Waals surface area (Å²) in [5, 5.41) is 3.00. The predicted molar refractivity (Wildman–Crippen MR) is 64.8 cm³/mol. The largest absolute Gasteiger partial charge is 0.467 e. The molecule has 0 bridgehead atoms. The van der Waals surface area contributed by atoms with E-state index in [1.54, 1.807) is 18.2 Å². The van der Waals surface area contributed by atoms with E-state index in [1.165, 1.54) is 6.42 Å². The Kier molecular flexibility index (Phi) is 2.24. The molecule has 3 N–H and O–H groups in total. The zero-order valence-electron chi connectivity index (χ0n) is 9.66. The molecule has 1 saturated carbocycles. The highest BCUT2D eigenvalue weighted by Gasteiger charge is 2.40. The number of fused-ring (bicyclic) bond motifs is 1. The molecule has 0 radical (unpaired) electrons. The van der Waals surface area contributed by atoms with Gasteiger partial charge in [0.25, 0.3) is 5.91 Å². The lowest BCUT2D eigenvalue weighted by atomic mass is 9.90. The van der Waals surface area contributed by atoms with Crippen molar-refractivity contribution in [2.24, 2.45) is 0 Å². The third-order valence-corrected chi connectivity index (χ3v) is 3.56. The summed E-state index contributed by atoms with van der Waals surface area (Å²) in [6, 6.07) is 5.23. The second-order valence-corrected chi connectivity index (χ2v) is 4.87. The molecule has 1 spiro atoms. The highest BCUT2D eigenvalue weighted by molar-refractivity contribution is 5.99. The molecule has 90 valence electrons. The van der Waals surface area contributed by atoms with E-state index in [0.717, 1.165) is 25.7 Å². The van der Waals surface area contributed by atoms with E-state index in [2.05, 4.69) is 5.32 Å². The van der Waals surface area contributed by atoms with E-state index < -0.39 is 5.72 Å². The van der Waals surface area contributed by atoms with Crippen LogP contribution in [0.2, 0.25) is 0 Å². The molecule has 1 aromatic carbocycles. The van der Waals surface area contributed by atoms with E-state index in [1.807, 2.05) is 0 Å². The third-order valence-electron chi connectivity index (χ3n) is 3.56. The minimum absolute atomic E-state index is 0.0690. The number of nitrogen functional groups attached to an aromatic ring is 1. The van der Waals surface area contributed by atoms with Crippen LogP contribution < -0.4 is 15.8 Å². The third kappa shape index (κ3) is 1.73. The van der Waals surface area contributed by atoms with Gasteiger partial charge in [0.1, 0.15) is 5.75 Å². The zero-order valence-corrected chi connectivity index (χ0v) is 9.66. The van der Waals surface area contributed by atoms with Gasteiger partial charge in [-0.25, -0.2) is 0 Å². The Labute approximate surface area is 100 Å². The van der Waals surface area contributed by atoms with Crippen LogP contribution in [0.5, 0.6) is 5.75 Å². The van der Waals surface area contributed by atoms with Crippen LogP contribution in [0, 0.1) is 0 Å². The zero-order chi connectivity index (χ0) is 11.9. The van der Waals surface area contributed by atoms with Gasteiger partial charge < -0.3 is 15.8 Å². The number of nitrogens with two attached hydrogens (primary N) is 1. The maximum absolute atomic E-state index is 12.1. The summed E-state index contributed by atoms with van der Waals surface area (Å²) >= 11 is 0. The standard InChI is InChI=1S/C13H16N2O2/c14-9-4-5-11-10(8-9)12(16)15-13(17-11)6-2-1-3-7-13/h4-5,8H,1-3,6-7,14H2,(H,15,16). The van der Waals surface area contributed by atoms with Gasteiger partial charge in [-0.3, -0.25) is 4.79 Å². The van der Waals surface area contributed by atoms with Crippen LogP contribution in [0.15, 0.2) is 18.2 Å². The Morgan fingerprint density at radius 2 is 2.00 bits per heavy atom. The van der Waals surface area contributed by atoms with Crippen LogP contribution in [0.3, 0.4) is 0 Å². The molecule has 17 heavy (non-hydrogen) atoms. The Bertz CT molecular complexity index is 464. The lowest BCUT2D eigenvalue weighted by Gasteiger charge is -2.41. The summed E-state index contributed by atoms with van der Waals surface area (Å²) in [4.78, 5) is 12.1. The first-order valence-electron chi connectivity index (χ1n) is 6.10. The summed E-state index contributed by atoms with van der Waals surface area (Å²) < 4.78 is 6.00. The average molecular weight is 232 g/mol. The van der Waals surface area contributed by atoms with Crippen molar-refractivity contribution in [2.75, 3.05) is 5.73 Å². The fraction of sp³-hybridized carbons (Fsp3) is 0.462. The SMILES string of the molecule is Nc1ccc2c(c1)C(=O)NC1(CCCCC1)O2. The smallest absolute Gasteiger partial charge is 0.258 e. The molecule has 1 aromatic rings. The molecule has 1 aliphatic carbocycles. The summed E-state index contributed by atoms with van der Waals surface area (Å²) in [7, 11) is 0. The molecule has 1 heterocycles. The van der Waals surface area contributed by atoms with Gasteiger partial charge in [0.05, 0.1) is 5.56 Å². The number of rotatable bonds is 0. The van der Waals surface area contributed by atoms with Crippen LogP contribution in [0.4, 0.5) is 5.69 Å². The van der Waals surface area contributed by atoms with Gasteiger partial charge in [-0.15, -0.1) is 0 Å². The van der Waals surface area contributed by atoms with Gasteiger partial charge in [0.15, 0.2) is 5.72 Å². The lowest BCUT2D eigenvalue weighted by Crippen LogP contribution is -2.56. The predicted octanol–water partition coefficient (Wildman–Crippen LogP) is 2.05. The minimum atomic E-state index is -0.474. The maximum Gasteiger partial charge on any atom is 0.258 e. The molecule has 0 aromatic heterocycles. The first-order chi connectivity index (χ1) is 8.19. The van der Waals surface area contributed by atoms with Crippen LogP contribution in [0.25, 0.3) is 0 Å². The van der Waals surface area contributed by atoms with Crippen molar-refractivity contribution in [2.45, 2.75) is 37.8 Å². The van der Waals surface area contributed by atoms with Crippen molar-refractivity contribution in [3.63, 3.8) is 0 Å². The first kappa shape index (κ1) is 10.4. The molecular formula is C13H16N2O2. The van der Waals surface area contributed by atoms with Crippen molar-refractivity contribution in [3.05, 3.63) is 23.8 Å². The number of carbonyl (C=O) groups is 1. The molecule has 1 fully saturated rings. The number of hydrogen-bond acceptors (Lipinski definition) is 3. The van der Waals surface area contributed by atoms with Crippen molar-refractivity contribution < 1.29 is 9.53 Å². The van der Waals surface area contributed by atoms with E-state index >= 15 is 0 Å². The van der Waals surface area contributed by atoms with Crippen molar-refractivity contribution in [1.82, 2.24) is 5.32 Å². The molecule has 1 aliphatic heterocycles. The van der Waals surface area contributed by atoms with Gasteiger partial charge in [-0.1, -0.05) is 6.42 Å². The molecule has 4 heteroatoms. The van der Waals surface area contributed by atoms with E-state index in [9.17, 15) is 4.79 Å². The van der Waals surface area contributed by atoms with Gasteiger partial charge >= 0.3 is 0 Å². The van der Waals surface area contributed by atoms with Crippen molar-refractivity contribution in [1.29, 1.82) is 0 Å². The number of nitrogens with one attached hydrogen (secondary N) is 1. The second kappa shape index (κ2) is 3.65. The van der Waals surface area contributed by atoms with E-state index in [4.69, 9.17) is 10.5 Å². The molecule has 1 amide bonds. The number of anilines is 1. The number of amides is 1. The first-order valence-corrected chi connectivity index (χ1v) is 6.10. The number of benzene rings is 1. The normalized spacial score (nSPS) is 21.5. The minimum Gasteiger partial charge on any atom is -0.467 e. The summed E-state index contributed by atoms with van der Waals surface area (Å²) in [5.41, 5.74) is 6.33. The van der Waals surface area contributed by atoms with Gasteiger partial charge in [-0.2, -0.15) is 0 Å². The fourth-order valence-corrected chi connectivity index (χ4v) is 2.67. The highest BCUT2D eigenvalue weighted by Crippen LogP contribution is 2.36. The van der Waals surface area contributed by atoms with Crippen LogP contribution >= 0.6 is 0 Å².